The van der Waals surface area contributed by atoms with Gasteiger partial charge in [0, 0.05) is 30.2 Å². The molecule has 1 saturated heterocycles. The molecule has 3 nitrogen and oxygen atoms in total. The Balaban J connectivity index is 1.97. The van der Waals surface area contributed by atoms with Crippen molar-refractivity contribution >= 4 is 16.8 Å². The van der Waals surface area contributed by atoms with Crippen LogP contribution in [0.15, 0.2) is 24.4 Å². The van der Waals surface area contributed by atoms with E-state index in [0.29, 0.717) is 0 Å². The number of halogens is 1. The number of aromatic nitrogens is 1. The zero-order valence-corrected chi connectivity index (χ0v) is 12.6. The van der Waals surface area contributed by atoms with Gasteiger partial charge < -0.3 is 9.88 Å². The van der Waals surface area contributed by atoms with Crippen molar-refractivity contribution in [2.45, 2.75) is 38.5 Å². The van der Waals surface area contributed by atoms with Crippen LogP contribution in [0.5, 0.6) is 0 Å². The third-order valence-electron chi connectivity index (χ3n) is 4.50. The largest absolute Gasteiger partial charge is 0.361 e. The fraction of sp³-hybridized carbons (Fsp3) is 0.471. The van der Waals surface area contributed by atoms with Gasteiger partial charge in [-0.25, -0.2) is 4.39 Å². The van der Waals surface area contributed by atoms with Gasteiger partial charge in [0.05, 0.1) is 5.41 Å². The highest BCUT2D eigenvalue weighted by Crippen LogP contribution is 2.33. The molecule has 1 aliphatic rings. The van der Waals surface area contributed by atoms with Crippen molar-refractivity contribution in [1.82, 2.24) is 9.88 Å². The topological polar surface area (TPSA) is 36.1 Å². The molecule has 1 aromatic heterocycles. The molecule has 0 aliphatic carbocycles. The van der Waals surface area contributed by atoms with E-state index in [1.807, 2.05) is 24.9 Å². The molecule has 2 heterocycles. The summed E-state index contributed by atoms with van der Waals surface area (Å²) in [5.41, 5.74) is 1.07. The second-order valence-electron chi connectivity index (χ2n) is 6.37. The molecule has 0 spiro atoms. The maximum Gasteiger partial charge on any atom is 0.232 e. The van der Waals surface area contributed by atoms with E-state index >= 15 is 0 Å². The number of nitrogens with zero attached hydrogens (tertiary/aromatic N) is 1. The van der Waals surface area contributed by atoms with Crippen molar-refractivity contribution in [3.63, 3.8) is 0 Å². The Morgan fingerprint density at radius 2 is 1.95 bits per heavy atom. The van der Waals surface area contributed by atoms with Gasteiger partial charge in [0.1, 0.15) is 5.82 Å². The first-order chi connectivity index (χ1) is 10.00. The van der Waals surface area contributed by atoms with Crippen LogP contribution in [0.25, 0.3) is 10.9 Å². The number of hydrogen-bond acceptors (Lipinski definition) is 1. The van der Waals surface area contributed by atoms with Crippen LogP contribution in [0, 0.1) is 5.82 Å². The summed E-state index contributed by atoms with van der Waals surface area (Å²) in [6.07, 6.45) is 5.21. The van der Waals surface area contributed by atoms with Crippen LogP contribution in [0.4, 0.5) is 4.39 Å². The van der Waals surface area contributed by atoms with Crippen molar-refractivity contribution in [2.75, 3.05) is 13.1 Å². The van der Waals surface area contributed by atoms with Crippen LogP contribution in [-0.2, 0) is 10.2 Å². The van der Waals surface area contributed by atoms with Crippen molar-refractivity contribution in [3.05, 3.63) is 35.8 Å². The van der Waals surface area contributed by atoms with Gasteiger partial charge in [0.2, 0.25) is 5.91 Å². The molecule has 1 aliphatic heterocycles. The van der Waals surface area contributed by atoms with Crippen molar-refractivity contribution in [3.8, 4) is 0 Å². The number of hydrogen-bond donors (Lipinski definition) is 1. The predicted octanol–water partition coefficient (Wildman–Crippen LogP) is 3.60. The van der Waals surface area contributed by atoms with Gasteiger partial charge >= 0.3 is 0 Å². The van der Waals surface area contributed by atoms with Crippen molar-refractivity contribution in [2.24, 2.45) is 0 Å². The third-order valence-corrected chi connectivity index (χ3v) is 4.50. The minimum absolute atomic E-state index is 0.160. The molecule has 1 N–H and O–H groups in total. The predicted molar refractivity (Wildman–Crippen MR) is 81.7 cm³/mol. The fourth-order valence-electron chi connectivity index (χ4n) is 3.22. The van der Waals surface area contributed by atoms with Crippen LogP contribution in [0.1, 0.15) is 38.7 Å². The minimum Gasteiger partial charge on any atom is -0.361 e. The monoisotopic (exact) mass is 288 g/mol. The lowest BCUT2D eigenvalue weighted by Gasteiger charge is -2.34. The van der Waals surface area contributed by atoms with Gasteiger partial charge in [0.15, 0.2) is 0 Å². The normalized spacial score (nSPS) is 16.4. The maximum atomic E-state index is 13.3. The molecular weight excluding hydrogens is 267 g/mol. The summed E-state index contributed by atoms with van der Waals surface area (Å²) in [6, 6.07) is 4.67. The van der Waals surface area contributed by atoms with E-state index in [4.69, 9.17) is 0 Å². The summed E-state index contributed by atoms with van der Waals surface area (Å²) in [5, 5.41) is 0.923. The molecule has 0 unspecified atom stereocenters. The van der Waals surface area contributed by atoms with E-state index in [1.165, 1.54) is 18.6 Å². The molecule has 2 aromatic rings. The lowest BCUT2D eigenvalue weighted by atomic mass is 9.82. The molecule has 0 radical (unpaired) electrons. The number of benzene rings is 1. The van der Waals surface area contributed by atoms with Crippen molar-refractivity contribution < 1.29 is 9.18 Å². The lowest BCUT2D eigenvalue weighted by Crippen LogP contribution is -2.45. The summed E-state index contributed by atoms with van der Waals surface area (Å²) < 4.78 is 13.3. The Morgan fingerprint density at radius 3 is 2.67 bits per heavy atom. The van der Waals surface area contributed by atoms with Crippen LogP contribution in [0.2, 0.25) is 0 Å². The summed E-state index contributed by atoms with van der Waals surface area (Å²) in [4.78, 5) is 17.9. The lowest BCUT2D eigenvalue weighted by molar-refractivity contribution is -0.137. The number of carbonyl (C=O) groups is 1. The van der Waals surface area contributed by atoms with Crippen LogP contribution < -0.4 is 0 Å². The van der Waals surface area contributed by atoms with Crippen LogP contribution in [0.3, 0.4) is 0 Å². The highest BCUT2D eigenvalue weighted by Gasteiger charge is 2.36. The van der Waals surface area contributed by atoms with Gasteiger partial charge in [-0.05, 0) is 56.9 Å². The number of fused-ring (bicyclic) bond motifs is 1. The number of nitrogens with one attached hydrogen (secondary N) is 1. The summed E-state index contributed by atoms with van der Waals surface area (Å²) in [7, 11) is 0. The second kappa shape index (κ2) is 5.17. The van der Waals surface area contributed by atoms with Crippen molar-refractivity contribution in [1.29, 1.82) is 0 Å². The SMILES string of the molecule is CC(C)(C(=O)N1CCCCC1)c1c[nH]c2cc(F)ccc12. The molecule has 0 bridgehead atoms. The number of H-pyrrole nitrogens is 1. The van der Waals surface area contributed by atoms with E-state index in [-0.39, 0.29) is 11.7 Å². The summed E-state index contributed by atoms with van der Waals surface area (Å²) in [6.45, 7) is 5.60. The van der Waals surface area contributed by atoms with E-state index < -0.39 is 5.41 Å². The van der Waals surface area contributed by atoms with Gasteiger partial charge in [0.25, 0.3) is 0 Å². The Labute approximate surface area is 124 Å². The third kappa shape index (κ3) is 2.43. The summed E-state index contributed by atoms with van der Waals surface area (Å²) >= 11 is 0. The van der Waals surface area contributed by atoms with E-state index in [2.05, 4.69) is 4.98 Å². The summed E-state index contributed by atoms with van der Waals surface area (Å²) in [5.74, 6) is -0.108. The first-order valence-corrected chi connectivity index (χ1v) is 7.56. The Bertz CT molecular complexity index is 668. The van der Waals surface area contributed by atoms with Gasteiger partial charge in [-0.2, -0.15) is 0 Å². The average molecular weight is 288 g/mol. The molecule has 0 atom stereocenters. The zero-order chi connectivity index (χ0) is 15.0. The maximum absolute atomic E-state index is 13.3. The Morgan fingerprint density at radius 1 is 1.24 bits per heavy atom. The number of piperidine rings is 1. The molecule has 3 rings (SSSR count). The van der Waals surface area contributed by atoms with E-state index in [1.54, 1.807) is 6.07 Å². The first kappa shape index (κ1) is 14.1. The number of aromatic amines is 1. The zero-order valence-electron chi connectivity index (χ0n) is 12.6. The van der Waals surface area contributed by atoms with Gasteiger partial charge in [-0.3, -0.25) is 4.79 Å². The van der Waals surface area contributed by atoms with Crippen LogP contribution in [-0.4, -0.2) is 28.9 Å². The Hall–Kier alpha value is -1.84. The molecular formula is C17H21FN2O. The Kier molecular flexibility index (Phi) is 3.47. The van der Waals surface area contributed by atoms with Gasteiger partial charge in [-0.15, -0.1) is 0 Å². The second-order valence-corrected chi connectivity index (χ2v) is 6.37. The van der Waals surface area contributed by atoms with E-state index in [0.717, 1.165) is 42.4 Å². The highest BCUT2D eigenvalue weighted by molar-refractivity contribution is 5.94. The minimum atomic E-state index is -0.604. The highest BCUT2D eigenvalue weighted by atomic mass is 19.1. The molecule has 1 aromatic carbocycles. The van der Waals surface area contributed by atoms with Gasteiger partial charge in [-0.1, -0.05) is 0 Å². The number of rotatable bonds is 2. The van der Waals surface area contributed by atoms with Crippen LogP contribution >= 0.6 is 0 Å². The average Bonchev–Trinajstić information content (AvgIpc) is 2.91. The molecule has 1 amide bonds. The fourth-order valence-corrected chi connectivity index (χ4v) is 3.22. The molecule has 4 heteroatoms. The number of likely N-dealkylation sites (tertiary alicyclic amines) is 1. The van der Waals surface area contributed by atoms with E-state index in [9.17, 15) is 9.18 Å². The number of amides is 1. The smallest absolute Gasteiger partial charge is 0.232 e. The molecule has 1 fully saturated rings. The quantitative estimate of drug-likeness (QED) is 0.900. The molecule has 0 saturated carbocycles. The molecule has 112 valence electrons. The number of carbonyl (C=O) groups excluding carboxylic acids is 1. The molecule has 21 heavy (non-hydrogen) atoms. The standard InChI is InChI=1S/C17H21FN2O/c1-17(2,16(21)20-8-4-3-5-9-20)14-11-19-15-10-12(18)6-7-13(14)15/h6-7,10-11,19H,3-5,8-9H2,1-2H3. The first-order valence-electron chi connectivity index (χ1n) is 7.56.